The Bertz CT molecular complexity index is 629. The third-order valence-electron chi connectivity index (χ3n) is 2.43. The van der Waals surface area contributed by atoms with Gasteiger partial charge in [-0.3, -0.25) is 9.11 Å². The molecule has 0 aliphatic heterocycles. The lowest BCUT2D eigenvalue weighted by molar-refractivity contribution is -0.323. The lowest BCUT2D eigenvalue weighted by Gasteiger charge is -2.24. The van der Waals surface area contributed by atoms with E-state index in [4.69, 9.17) is 9.11 Å². The standard InChI is InChI=1S/C8H10F8O8S2/c9-5(10,7(13,14)25(17,18)19)23-3-1-2-4-24-6(11,12)8(15,16)26(20,21)22/h1-4H2,(H,17,18,19)(H,20,21,22). The van der Waals surface area contributed by atoms with E-state index >= 15 is 0 Å². The van der Waals surface area contributed by atoms with Crippen LogP contribution in [-0.4, -0.2) is 61.9 Å². The van der Waals surface area contributed by atoms with E-state index in [1.165, 1.54) is 0 Å². The third kappa shape index (κ3) is 5.35. The zero-order chi connectivity index (χ0) is 21.2. The quantitative estimate of drug-likeness (QED) is 0.278. The Morgan fingerprint density at radius 2 is 0.846 bits per heavy atom. The molecule has 0 saturated heterocycles. The monoisotopic (exact) mass is 450 g/mol. The van der Waals surface area contributed by atoms with Crippen LogP contribution in [0.1, 0.15) is 12.8 Å². The van der Waals surface area contributed by atoms with Crippen LogP contribution < -0.4 is 0 Å². The van der Waals surface area contributed by atoms with Crippen molar-refractivity contribution in [3.05, 3.63) is 0 Å². The third-order valence-corrected chi connectivity index (χ3v) is 4.20. The average Bonchev–Trinajstić information content (AvgIpc) is 2.39. The second kappa shape index (κ2) is 7.66. The van der Waals surface area contributed by atoms with Crippen molar-refractivity contribution in [2.75, 3.05) is 13.2 Å². The lowest BCUT2D eigenvalue weighted by Crippen LogP contribution is -2.49. The largest absolute Gasteiger partial charge is 0.459 e. The van der Waals surface area contributed by atoms with Crippen LogP contribution in [0.3, 0.4) is 0 Å². The zero-order valence-corrected chi connectivity index (χ0v) is 13.6. The summed E-state index contributed by atoms with van der Waals surface area (Å²) < 4.78 is 165. The summed E-state index contributed by atoms with van der Waals surface area (Å²) in [6.45, 7) is -2.83. The lowest BCUT2D eigenvalue weighted by atomic mass is 10.3. The summed E-state index contributed by atoms with van der Waals surface area (Å²) in [5, 5.41) is -12.1. The molecule has 0 fully saturated rings. The van der Waals surface area contributed by atoms with Gasteiger partial charge in [-0.05, 0) is 12.8 Å². The van der Waals surface area contributed by atoms with Crippen molar-refractivity contribution in [3.63, 3.8) is 0 Å². The van der Waals surface area contributed by atoms with E-state index in [1.807, 2.05) is 0 Å². The summed E-state index contributed by atoms with van der Waals surface area (Å²) >= 11 is 0. The smallest absolute Gasteiger partial charge is 0.315 e. The van der Waals surface area contributed by atoms with Gasteiger partial charge in [0.05, 0.1) is 13.2 Å². The van der Waals surface area contributed by atoms with Crippen molar-refractivity contribution in [1.29, 1.82) is 0 Å². The predicted molar refractivity (Wildman–Crippen MR) is 64.0 cm³/mol. The van der Waals surface area contributed by atoms with E-state index in [1.54, 1.807) is 0 Å². The molecule has 0 amide bonds. The molecule has 0 aromatic rings. The minimum absolute atomic E-state index is 0.843. The van der Waals surface area contributed by atoms with Crippen molar-refractivity contribution in [3.8, 4) is 0 Å². The first-order chi connectivity index (χ1) is 11.2. The maximum atomic E-state index is 12.8. The average molecular weight is 450 g/mol. The first kappa shape index (κ1) is 25.2. The molecule has 0 rings (SSSR count). The van der Waals surface area contributed by atoms with Gasteiger partial charge in [0.15, 0.2) is 0 Å². The van der Waals surface area contributed by atoms with Gasteiger partial charge in [-0.15, -0.1) is 0 Å². The van der Waals surface area contributed by atoms with Gasteiger partial charge in [0.25, 0.3) is 0 Å². The summed E-state index contributed by atoms with van der Waals surface area (Å²) in [5.41, 5.74) is 0. The number of alkyl halides is 8. The van der Waals surface area contributed by atoms with Crippen molar-refractivity contribution >= 4 is 20.2 Å². The van der Waals surface area contributed by atoms with Gasteiger partial charge < -0.3 is 9.47 Å². The molecular weight excluding hydrogens is 440 g/mol. The zero-order valence-electron chi connectivity index (χ0n) is 12.0. The molecule has 18 heteroatoms. The Hall–Kier alpha value is -0.820. The van der Waals surface area contributed by atoms with Crippen LogP contribution in [0.2, 0.25) is 0 Å². The van der Waals surface area contributed by atoms with Crippen molar-refractivity contribution < 1.29 is 70.5 Å². The van der Waals surface area contributed by atoms with E-state index in [-0.39, 0.29) is 0 Å². The molecular formula is C8H10F8O8S2. The van der Waals surface area contributed by atoms with E-state index in [0.29, 0.717) is 0 Å². The minimum atomic E-state index is -6.55. The van der Waals surface area contributed by atoms with Gasteiger partial charge in [-0.25, -0.2) is 0 Å². The second-order valence-electron chi connectivity index (χ2n) is 4.42. The number of hydrogen-bond donors (Lipinski definition) is 2. The summed E-state index contributed by atoms with van der Waals surface area (Å²) in [6, 6.07) is 0. The Balaban J connectivity index is 4.55. The Labute approximate surface area is 140 Å². The molecule has 0 aliphatic carbocycles. The summed E-state index contributed by atoms with van der Waals surface area (Å²) in [4.78, 5) is 0. The van der Waals surface area contributed by atoms with Gasteiger partial charge in [-0.1, -0.05) is 0 Å². The number of rotatable bonds is 11. The Morgan fingerprint density at radius 3 is 1.04 bits per heavy atom. The minimum Gasteiger partial charge on any atom is -0.315 e. The molecule has 0 aromatic carbocycles. The second-order valence-corrected chi connectivity index (χ2v) is 7.35. The van der Waals surface area contributed by atoms with E-state index in [9.17, 15) is 52.0 Å². The van der Waals surface area contributed by atoms with Crippen LogP contribution in [0.5, 0.6) is 0 Å². The molecule has 0 aromatic heterocycles. The fourth-order valence-corrected chi connectivity index (χ4v) is 1.79. The molecule has 2 N–H and O–H groups in total. The number of halogens is 8. The highest BCUT2D eigenvalue weighted by atomic mass is 32.2. The molecule has 0 unspecified atom stereocenters. The molecule has 0 heterocycles. The maximum Gasteiger partial charge on any atom is 0.459 e. The van der Waals surface area contributed by atoms with E-state index in [0.717, 1.165) is 0 Å². The molecule has 26 heavy (non-hydrogen) atoms. The van der Waals surface area contributed by atoms with E-state index < -0.39 is 69.0 Å². The first-order valence-electron chi connectivity index (χ1n) is 5.94. The fourth-order valence-electron chi connectivity index (χ4n) is 1.07. The van der Waals surface area contributed by atoms with Crippen molar-refractivity contribution in [1.82, 2.24) is 0 Å². The van der Waals surface area contributed by atoms with Crippen LogP contribution in [0.25, 0.3) is 0 Å². The number of hydrogen-bond acceptors (Lipinski definition) is 6. The van der Waals surface area contributed by atoms with Gasteiger partial charge in [0, 0.05) is 0 Å². The summed E-state index contributed by atoms with van der Waals surface area (Å²) in [7, 11) is -13.1. The predicted octanol–water partition coefficient (Wildman–Crippen LogP) is 1.95. The normalized spacial score (nSPS) is 15.3. The van der Waals surface area contributed by atoms with Gasteiger partial charge in [0.2, 0.25) is 0 Å². The molecule has 0 atom stereocenters. The molecule has 0 bridgehead atoms. The molecule has 0 aliphatic rings. The van der Waals surface area contributed by atoms with Crippen molar-refractivity contribution in [2.45, 2.75) is 35.6 Å². The molecule has 0 radical (unpaired) electrons. The first-order valence-corrected chi connectivity index (χ1v) is 8.82. The molecule has 8 nitrogen and oxygen atoms in total. The topological polar surface area (TPSA) is 127 Å². The maximum absolute atomic E-state index is 12.8. The molecule has 158 valence electrons. The highest BCUT2D eigenvalue weighted by Crippen LogP contribution is 2.40. The number of ether oxygens (including phenoxy) is 2. The molecule has 0 spiro atoms. The SMILES string of the molecule is O=S(=O)(O)C(F)(F)C(F)(F)OCCCCOC(F)(F)C(F)(F)S(=O)(=O)O. The molecule has 0 saturated carbocycles. The fraction of sp³-hybridized carbons (Fsp3) is 1.00. The Kier molecular flexibility index (Phi) is 7.42. The van der Waals surface area contributed by atoms with Crippen LogP contribution in [0.4, 0.5) is 35.1 Å². The van der Waals surface area contributed by atoms with Crippen LogP contribution >= 0.6 is 0 Å². The van der Waals surface area contributed by atoms with Crippen molar-refractivity contribution in [2.24, 2.45) is 0 Å². The van der Waals surface area contributed by atoms with E-state index in [2.05, 4.69) is 9.47 Å². The highest BCUT2D eigenvalue weighted by Gasteiger charge is 2.68. The highest BCUT2D eigenvalue weighted by molar-refractivity contribution is 7.87. The van der Waals surface area contributed by atoms with Crippen LogP contribution in [-0.2, 0) is 29.7 Å². The summed E-state index contributed by atoms with van der Waals surface area (Å²) in [6.07, 6.45) is -13.1. The Morgan fingerprint density at radius 1 is 0.615 bits per heavy atom. The summed E-state index contributed by atoms with van der Waals surface area (Å²) in [5.74, 6) is 0. The number of unbranched alkanes of at least 4 members (excludes halogenated alkanes) is 1. The van der Waals surface area contributed by atoms with Gasteiger partial charge >= 0.3 is 43.0 Å². The van der Waals surface area contributed by atoms with Crippen LogP contribution in [0.15, 0.2) is 0 Å². The van der Waals surface area contributed by atoms with Gasteiger partial charge in [0.1, 0.15) is 0 Å². The van der Waals surface area contributed by atoms with Gasteiger partial charge in [-0.2, -0.15) is 52.0 Å². The van der Waals surface area contributed by atoms with Crippen LogP contribution in [0, 0.1) is 0 Å².